The molecule has 1 fully saturated rings. The molecule has 3 heterocycles. The number of hydrogen-bond acceptors (Lipinski definition) is 6. The molecular formula is C20H18N4O3. The molecule has 0 aliphatic carbocycles. The van der Waals surface area contributed by atoms with Crippen LogP contribution in [-0.2, 0) is 4.74 Å². The number of nitro groups is 1. The van der Waals surface area contributed by atoms with Gasteiger partial charge in [0.05, 0.1) is 22.2 Å². The average Bonchev–Trinajstić information content (AvgIpc) is 3.29. The Balaban J connectivity index is 1.82. The van der Waals surface area contributed by atoms with Crippen molar-refractivity contribution in [3.05, 3.63) is 79.8 Å². The first-order valence-corrected chi connectivity index (χ1v) is 8.97. The van der Waals surface area contributed by atoms with Gasteiger partial charge in [-0.3, -0.25) is 15.1 Å². The lowest BCUT2D eigenvalue weighted by Gasteiger charge is -2.40. The highest BCUT2D eigenvalue weighted by Crippen LogP contribution is 2.40. The van der Waals surface area contributed by atoms with Gasteiger partial charge in [-0.1, -0.05) is 36.4 Å². The zero-order chi connectivity index (χ0) is 18.5. The van der Waals surface area contributed by atoms with E-state index < -0.39 is 17.3 Å². The van der Waals surface area contributed by atoms with Gasteiger partial charge in [0.15, 0.2) is 0 Å². The van der Waals surface area contributed by atoms with E-state index >= 15 is 0 Å². The minimum atomic E-state index is -1.75. The van der Waals surface area contributed by atoms with Crippen LogP contribution in [-0.4, -0.2) is 41.9 Å². The fourth-order valence-corrected chi connectivity index (χ4v) is 4.21. The Morgan fingerprint density at radius 3 is 2.30 bits per heavy atom. The van der Waals surface area contributed by atoms with Crippen LogP contribution in [0.1, 0.15) is 0 Å². The summed E-state index contributed by atoms with van der Waals surface area (Å²) in [6.07, 6.45) is 3.00. The summed E-state index contributed by atoms with van der Waals surface area (Å²) in [5.74, 6) is 0. The molecule has 1 saturated heterocycles. The molecule has 0 spiro atoms. The van der Waals surface area contributed by atoms with Crippen LogP contribution < -0.4 is 26.5 Å². The first-order valence-electron chi connectivity index (χ1n) is 8.97. The summed E-state index contributed by atoms with van der Waals surface area (Å²) in [7, 11) is 0. The maximum Gasteiger partial charge on any atom is 0.364 e. The molecule has 136 valence electrons. The Morgan fingerprint density at radius 1 is 1.04 bits per heavy atom. The van der Waals surface area contributed by atoms with Crippen LogP contribution in [0.15, 0.2) is 58.5 Å². The number of para-hydroxylation sites is 2. The van der Waals surface area contributed by atoms with Gasteiger partial charge in [-0.2, -0.15) is 0 Å². The van der Waals surface area contributed by atoms with Gasteiger partial charge in [-0.05, 0) is 23.4 Å². The van der Waals surface area contributed by atoms with Crippen LogP contribution in [0.5, 0.6) is 0 Å². The van der Waals surface area contributed by atoms with Crippen molar-refractivity contribution in [2.75, 3.05) is 19.7 Å². The first kappa shape index (κ1) is 16.3. The van der Waals surface area contributed by atoms with E-state index in [0.29, 0.717) is 25.1 Å². The van der Waals surface area contributed by atoms with Crippen molar-refractivity contribution in [2.24, 2.45) is 9.98 Å². The van der Waals surface area contributed by atoms with Gasteiger partial charge in [-0.15, -0.1) is 0 Å². The summed E-state index contributed by atoms with van der Waals surface area (Å²) in [6.45, 7) is 1.67. The van der Waals surface area contributed by atoms with Crippen LogP contribution in [0.2, 0.25) is 0 Å². The topological polar surface area (TPSA) is 89.1 Å². The first-order chi connectivity index (χ1) is 13.1. The molecule has 7 heteroatoms. The van der Waals surface area contributed by atoms with Crippen molar-refractivity contribution < 1.29 is 9.66 Å². The van der Waals surface area contributed by atoms with E-state index in [1.54, 1.807) is 12.1 Å². The summed E-state index contributed by atoms with van der Waals surface area (Å²) in [5.41, 5.74) is -3.01. The van der Waals surface area contributed by atoms with E-state index in [0.717, 1.165) is 15.8 Å². The average molecular weight is 362 g/mol. The van der Waals surface area contributed by atoms with E-state index in [9.17, 15) is 10.1 Å². The van der Waals surface area contributed by atoms with Gasteiger partial charge in [-0.25, -0.2) is 4.99 Å². The van der Waals surface area contributed by atoms with Crippen molar-refractivity contribution in [1.82, 2.24) is 5.32 Å². The Bertz CT molecular complexity index is 1100. The van der Waals surface area contributed by atoms with E-state index in [1.165, 1.54) is 0 Å². The Morgan fingerprint density at radius 2 is 1.70 bits per heavy atom. The molecule has 3 unspecified atom stereocenters. The summed E-state index contributed by atoms with van der Waals surface area (Å²) < 4.78 is 6.01. The molecule has 2 aromatic carbocycles. The third kappa shape index (κ3) is 2.22. The summed E-state index contributed by atoms with van der Waals surface area (Å²) in [5, 5.41) is 18.7. The SMILES string of the molecule is O=[N+]([O-])C1(C2(C3CNCCO3)C=c3ccccc3=N2)C=c2ccccc2=N1. The number of nitrogens with zero attached hydrogens (tertiary/aromatic N) is 3. The van der Waals surface area contributed by atoms with E-state index in [4.69, 9.17) is 9.73 Å². The lowest BCUT2D eigenvalue weighted by molar-refractivity contribution is -0.558. The maximum atomic E-state index is 12.5. The highest BCUT2D eigenvalue weighted by molar-refractivity contribution is 5.57. The second-order valence-electron chi connectivity index (χ2n) is 7.00. The normalized spacial score (nSPS) is 30.9. The Kier molecular flexibility index (Phi) is 3.50. The number of morpholine rings is 1. The molecule has 0 bridgehead atoms. The standard InChI is InChI=1S/C20H18N4O3/c25-24(26)20(12-15-6-2-4-8-17(15)23-20)19(18-13-21-9-10-27-18)11-14-5-1-3-7-16(14)22-19/h1-8,11-12,18,21H,9-10,13H2. The van der Waals surface area contributed by atoms with E-state index in [1.807, 2.05) is 48.5 Å². The second-order valence-corrected chi connectivity index (χ2v) is 7.00. The van der Waals surface area contributed by atoms with Gasteiger partial charge in [0.1, 0.15) is 6.10 Å². The molecule has 0 amide bonds. The summed E-state index contributed by atoms with van der Waals surface area (Å²) in [4.78, 5) is 21.7. The third-order valence-electron chi connectivity index (χ3n) is 5.49. The molecular weight excluding hydrogens is 344 g/mol. The van der Waals surface area contributed by atoms with Gasteiger partial charge in [0.25, 0.3) is 0 Å². The molecule has 1 N–H and O–H groups in total. The van der Waals surface area contributed by atoms with Gasteiger partial charge in [0, 0.05) is 24.4 Å². The van der Waals surface area contributed by atoms with Crippen LogP contribution in [0.4, 0.5) is 0 Å². The number of hydrogen-bond donors (Lipinski definition) is 1. The number of benzene rings is 2. The molecule has 27 heavy (non-hydrogen) atoms. The minimum Gasteiger partial charge on any atom is -0.372 e. The predicted molar refractivity (Wildman–Crippen MR) is 98.4 cm³/mol. The molecule has 5 rings (SSSR count). The number of nitrogens with one attached hydrogen (secondary N) is 1. The molecule has 7 nitrogen and oxygen atoms in total. The predicted octanol–water partition coefficient (Wildman–Crippen LogP) is -1.09. The van der Waals surface area contributed by atoms with Crippen molar-refractivity contribution in [3.63, 3.8) is 0 Å². The fraction of sp³-hybridized carbons (Fsp3) is 0.300. The Hall–Kier alpha value is -2.90. The molecule has 0 aromatic heterocycles. The summed E-state index contributed by atoms with van der Waals surface area (Å²) >= 11 is 0. The lowest BCUT2D eigenvalue weighted by Crippen LogP contribution is -2.64. The van der Waals surface area contributed by atoms with Crippen molar-refractivity contribution in [1.29, 1.82) is 0 Å². The monoisotopic (exact) mass is 362 g/mol. The molecule has 3 atom stereocenters. The fourth-order valence-electron chi connectivity index (χ4n) is 4.21. The third-order valence-corrected chi connectivity index (χ3v) is 5.49. The smallest absolute Gasteiger partial charge is 0.364 e. The molecule has 0 radical (unpaired) electrons. The van der Waals surface area contributed by atoms with Crippen LogP contribution in [0, 0.1) is 10.1 Å². The van der Waals surface area contributed by atoms with Crippen molar-refractivity contribution in [3.8, 4) is 0 Å². The molecule has 2 aromatic rings. The lowest BCUT2D eigenvalue weighted by atomic mass is 9.79. The van der Waals surface area contributed by atoms with Crippen molar-refractivity contribution in [2.45, 2.75) is 17.3 Å². The number of rotatable bonds is 3. The zero-order valence-corrected chi connectivity index (χ0v) is 14.5. The number of ether oxygens (including phenoxy) is 1. The quantitative estimate of drug-likeness (QED) is 0.555. The Labute approximate surface area is 154 Å². The zero-order valence-electron chi connectivity index (χ0n) is 14.5. The summed E-state index contributed by atoms with van der Waals surface area (Å²) in [6, 6.07) is 14.9. The van der Waals surface area contributed by atoms with Crippen LogP contribution >= 0.6 is 0 Å². The molecule has 0 saturated carbocycles. The maximum absolute atomic E-state index is 12.5. The minimum absolute atomic E-state index is 0.323. The van der Waals surface area contributed by atoms with Crippen LogP contribution in [0.3, 0.4) is 0 Å². The largest absolute Gasteiger partial charge is 0.372 e. The highest BCUT2D eigenvalue weighted by atomic mass is 16.6. The number of fused-ring (bicyclic) bond motifs is 2. The molecule has 3 aliphatic rings. The van der Waals surface area contributed by atoms with E-state index in [-0.39, 0.29) is 4.92 Å². The van der Waals surface area contributed by atoms with Crippen molar-refractivity contribution >= 4 is 12.2 Å². The van der Waals surface area contributed by atoms with E-state index in [2.05, 4.69) is 10.3 Å². The highest BCUT2D eigenvalue weighted by Gasteiger charge is 2.66. The van der Waals surface area contributed by atoms with Crippen LogP contribution in [0.25, 0.3) is 12.2 Å². The van der Waals surface area contributed by atoms with Gasteiger partial charge >= 0.3 is 5.66 Å². The molecule has 3 aliphatic heterocycles. The van der Waals surface area contributed by atoms with Gasteiger partial charge < -0.3 is 10.1 Å². The second kappa shape index (κ2) is 5.80. The van der Waals surface area contributed by atoms with Gasteiger partial charge in [0.2, 0.25) is 5.54 Å².